The number of nitriles is 1. The van der Waals surface area contributed by atoms with Crippen LogP contribution in [0.1, 0.15) is 6.92 Å². The van der Waals surface area contributed by atoms with E-state index < -0.39 is 10.0 Å². The van der Waals surface area contributed by atoms with Crippen LogP contribution in [0.5, 0.6) is 5.75 Å². The van der Waals surface area contributed by atoms with Gasteiger partial charge in [0, 0.05) is 11.6 Å². The van der Waals surface area contributed by atoms with Crippen LogP contribution >= 0.6 is 0 Å². The van der Waals surface area contributed by atoms with Crippen molar-refractivity contribution < 1.29 is 13.2 Å². The van der Waals surface area contributed by atoms with Gasteiger partial charge in [0.05, 0.1) is 24.1 Å². The van der Waals surface area contributed by atoms with Crippen LogP contribution in [0.25, 0.3) is 10.9 Å². The van der Waals surface area contributed by atoms with Gasteiger partial charge in [0.25, 0.3) is 0 Å². The minimum atomic E-state index is -3.75. The minimum absolute atomic E-state index is 0.0827. The fraction of sp³-hybridized carbons (Fsp3) is 0.231. The van der Waals surface area contributed by atoms with E-state index in [2.05, 4.69) is 9.71 Å². The summed E-state index contributed by atoms with van der Waals surface area (Å²) in [5, 5.41) is 8.96. The lowest BCUT2D eigenvalue weighted by molar-refractivity contribution is 0.343. The van der Waals surface area contributed by atoms with E-state index in [0.717, 1.165) is 0 Å². The Morgan fingerprint density at radius 3 is 2.90 bits per heavy atom. The summed E-state index contributed by atoms with van der Waals surface area (Å²) in [5.41, 5.74) is 0.481. The van der Waals surface area contributed by atoms with Crippen molar-refractivity contribution in [2.24, 2.45) is 0 Å². The number of benzene rings is 1. The number of nitrogens with one attached hydrogen (secondary N) is 1. The van der Waals surface area contributed by atoms with E-state index >= 15 is 0 Å². The highest BCUT2D eigenvalue weighted by molar-refractivity contribution is 7.89. The molecule has 0 saturated heterocycles. The Balaban J connectivity index is 2.62. The van der Waals surface area contributed by atoms with Crippen LogP contribution in [0, 0.1) is 11.3 Å². The van der Waals surface area contributed by atoms with Gasteiger partial charge in [0.15, 0.2) is 0 Å². The molecule has 0 unspecified atom stereocenters. The first-order chi connectivity index (χ1) is 9.60. The molecule has 1 aromatic heterocycles. The van der Waals surface area contributed by atoms with Crippen LogP contribution in [-0.2, 0) is 10.0 Å². The second-order valence-electron chi connectivity index (χ2n) is 3.88. The monoisotopic (exact) mass is 291 g/mol. The van der Waals surface area contributed by atoms with Crippen molar-refractivity contribution in [3.63, 3.8) is 0 Å². The average Bonchev–Trinajstić information content (AvgIpc) is 2.45. The third-order valence-corrected chi connectivity index (χ3v) is 4.08. The van der Waals surface area contributed by atoms with E-state index in [1.807, 2.05) is 6.92 Å². The number of aromatic nitrogens is 1. The summed E-state index contributed by atoms with van der Waals surface area (Å²) >= 11 is 0. The maximum atomic E-state index is 12.1. The van der Waals surface area contributed by atoms with Crippen LogP contribution < -0.4 is 9.46 Å². The maximum absolute atomic E-state index is 12.1. The number of hydrogen-bond donors (Lipinski definition) is 1. The van der Waals surface area contributed by atoms with Crippen molar-refractivity contribution in [1.82, 2.24) is 9.71 Å². The van der Waals surface area contributed by atoms with Gasteiger partial charge in [-0.25, -0.2) is 8.42 Å². The van der Waals surface area contributed by atoms with Crippen molar-refractivity contribution >= 4 is 20.9 Å². The fourth-order valence-corrected chi connectivity index (χ4v) is 2.94. The van der Waals surface area contributed by atoms with Crippen LogP contribution in [0.3, 0.4) is 0 Å². The minimum Gasteiger partial charge on any atom is -0.492 e. The number of hydrogen-bond acceptors (Lipinski definition) is 5. The summed E-state index contributed by atoms with van der Waals surface area (Å²) in [5.74, 6) is 0.530. The van der Waals surface area contributed by atoms with Crippen LogP contribution in [0.4, 0.5) is 0 Å². The zero-order valence-electron chi connectivity index (χ0n) is 10.8. The van der Waals surface area contributed by atoms with Gasteiger partial charge < -0.3 is 4.74 Å². The Kier molecular flexibility index (Phi) is 4.17. The van der Waals surface area contributed by atoms with E-state index in [4.69, 9.17) is 10.00 Å². The molecule has 1 heterocycles. The van der Waals surface area contributed by atoms with E-state index in [0.29, 0.717) is 23.3 Å². The molecular weight excluding hydrogens is 278 g/mol. The van der Waals surface area contributed by atoms with Gasteiger partial charge in [-0.15, -0.1) is 0 Å². The first kappa shape index (κ1) is 14.2. The highest BCUT2D eigenvalue weighted by Crippen LogP contribution is 2.29. The molecule has 20 heavy (non-hydrogen) atoms. The number of ether oxygens (including phenoxy) is 1. The molecule has 7 heteroatoms. The molecule has 2 rings (SSSR count). The second-order valence-corrected chi connectivity index (χ2v) is 5.61. The summed E-state index contributed by atoms with van der Waals surface area (Å²) < 4.78 is 31.9. The van der Waals surface area contributed by atoms with Crippen molar-refractivity contribution in [2.75, 3.05) is 13.2 Å². The topological polar surface area (TPSA) is 92.1 Å². The molecule has 0 spiro atoms. The lowest BCUT2D eigenvalue weighted by Crippen LogP contribution is -2.24. The normalized spacial score (nSPS) is 11.2. The number of rotatable bonds is 5. The Bertz CT molecular complexity index is 766. The number of pyridine rings is 1. The molecule has 104 valence electrons. The molecule has 0 aliphatic rings. The molecule has 0 saturated carbocycles. The maximum Gasteiger partial charge on any atom is 0.242 e. The smallest absolute Gasteiger partial charge is 0.242 e. The van der Waals surface area contributed by atoms with Crippen molar-refractivity contribution in [3.05, 3.63) is 30.5 Å². The van der Waals surface area contributed by atoms with E-state index in [1.54, 1.807) is 30.5 Å². The van der Waals surface area contributed by atoms with Gasteiger partial charge in [-0.1, -0.05) is 0 Å². The molecule has 1 aromatic carbocycles. The SMILES string of the molecule is CCOc1ccc(S(=O)(=O)NCC#N)c2cccnc12. The number of nitrogens with zero attached hydrogens (tertiary/aromatic N) is 2. The molecule has 0 aliphatic carbocycles. The van der Waals surface area contributed by atoms with Gasteiger partial charge in [0.1, 0.15) is 11.3 Å². The molecule has 1 N–H and O–H groups in total. The zero-order valence-corrected chi connectivity index (χ0v) is 11.6. The van der Waals surface area contributed by atoms with Crippen LogP contribution in [-0.4, -0.2) is 26.6 Å². The third kappa shape index (κ3) is 2.71. The summed E-state index contributed by atoms with van der Waals surface area (Å²) in [7, 11) is -3.75. The lowest BCUT2D eigenvalue weighted by Gasteiger charge is -2.11. The van der Waals surface area contributed by atoms with E-state index in [1.165, 1.54) is 6.07 Å². The van der Waals surface area contributed by atoms with Gasteiger partial charge >= 0.3 is 0 Å². The van der Waals surface area contributed by atoms with Crippen molar-refractivity contribution in [3.8, 4) is 11.8 Å². The summed E-state index contributed by atoms with van der Waals surface area (Å²) in [6.07, 6.45) is 1.57. The van der Waals surface area contributed by atoms with Crippen LogP contribution in [0.2, 0.25) is 0 Å². The molecule has 2 aromatic rings. The zero-order chi connectivity index (χ0) is 14.6. The average molecular weight is 291 g/mol. The molecule has 0 fully saturated rings. The van der Waals surface area contributed by atoms with E-state index in [-0.39, 0.29) is 11.4 Å². The first-order valence-electron chi connectivity index (χ1n) is 5.97. The molecular formula is C13H13N3O3S. The summed E-state index contributed by atoms with van der Waals surface area (Å²) in [4.78, 5) is 4.25. The lowest BCUT2D eigenvalue weighted by atomic mass is 10.2. The quantitative estimate of drug-likeness (QED) is 0.841. The predicted molar refractivity (Wildman–Crippen MR) is 73.7 cm³/mol. The van der Waals surface area contributed by atoms with Gasteiger partial charge in [-0.2, -0.15) is 9.98 Å². The first-order valence-corrected chi connectivity index (χ1v) is 7.45. The number of sulfonamides is 1. The van der Waals surface area contributed by atoms with Crippen molar-refractivity contribution in [1.29, 1.82) is 5.26 Å². The molecule has 0 atom stereocenters. The highest BCUT2D eigenvalue weighted by atomic mass is 32.2. The summed E-state index contributed by atoms with van der Waals surface area (Å²) in [6.45, 7) is 2.02. The Labute approximate surface area is 117 Å². The Morgan fingerprint density at radius 1 is 1.40 bits per heavy atom. The Hall–Kier alpha value is -2.17. The standard InChI is InChI=1S/C13H13N3O3S/c1-2-19-11-5-6-12(20(17,18)16-9-7-14)10-4-3-8-15-13(10)11/h3-6,8,16H,2,9H2,1H3. The van der Waals surface area contributed by atoms with E-state index in [9.17, 15) is 8.42 Å². The highest BCUT2D eigenvalue weighted by Gasteiger charge is 2.19. The van der Waals surface area contributed by atoms with Gasteiger partial charge in [-0.3, -0.25) is 4.98 Å². The predicted octanol–water partition coefficient (Wildman–Crippen LogP) is 1.44. The van der Waals surface area contributed by atoms with Crippen LogP contribution in [0.15, 0.2) is 35.4 Å². The molecule has 6 nitrogen and oxygen atoms in total. The van der Waals surface area contributed by atoms with Gasteiger partial charge in [0.2, 0.25) is 10.0 Å². The summed E-state index contributed by atoms with van der Waals surface area (Å²) in [6, 6.07) is 8.08. The molecule has 0 radical (unpaired) electrons. The largest absolute Gasteiger partial charge is 0.492 e. The fourth-order valence-electron chi connectivity index (χ4n) is 1.83. The molecule has 0 bridgehead atoms. The third-order valence-electron chi connectivity index (χ3n) is 2.62. The number of fused-ring (bicyclic) bond motifs is 1. The van der Waals surface area contributed by atoms with Crippen molar-refractivity contribution in [2.45, 2.75) is 11.8 Å². The Morgan fingerprint density at radius 2 is 2.20 bits per heavy atom. The second kappa shape index (κ2) is 5.86. The molecule has 0 amide bonds. The van der Waals surface area contributed by atoms with Gasteiger partial charge in [-0.05, 0) is 31.2 Å². The molecule has 0 aliphatic heterocycles.